The average Bonchev–Trinajstić information content (AvgIpc) is 3.51. The fourth-order valence-electron chi connectivity index (χ4n) is 4.76. The molecule has 4 aromatic rings. The van der Waals surface area contributed by atoms with E-state index in [9.17, 15) is 4.79 Å². The van der Waals surface area contributed by atoms with Gasteiger partial charge in [-0.1, -0.05) is 42.0 Å². The first-order chi connectivity index (χ1) is 17.0. The molecule has 0 radical (unpaired) electrons. The molecule has 1 N–H and O–H groups in total. The molecule has 35 heavy (non-hydrogen) atoms. The van der Waals surface area contributed by atoms with Gasteiger partial charge in [-0.05, 0) is 66.8 Å². The largest absolute Gasteiger partial charge is 0.376 e. The molecule has 1 saturated heterocycles. The zero-order valence-electron chi connectivity index (χ0n) is 20.6. The van der Waals surface area contributed by atoms with Gasteiger partial charge in [-0.3, -0.25) is 9.69 Å². The molecule has 0 saturated carbocycles. The van der Waals surface area contributed by atoms with E-state index in [1.54, 1.807) is 0 Å². The maximum absolute atomic E-state index is 13.1. The second-order valence-corrected chi connectivity index (χ2v) is 9.65. The van der Waals surface area contributed by atoms with Crippen molar-refractivity contribution in [1.29, 1.82) is 0 Å². The van der Waals surface area contributed by atoms with Crippen LogP contribution in [0.15, 0.2) is 47.3 Å². The van der Waals surface area contributed by atoms with Crippen LogP contribution in [0.4, 0.5) is 0 Å². The number of aromatic amines is 1. The lowest BCUT2D eigenvalue weighted by atomic mass is 10.0. The Kier molecular flexibility index (Phi) is 6.74. The summed E-state index contributed by atoms with van der Waals surface area (Å²) in [6.45, 7) is 9.32. The number of H-pyrrole nitrogens is 1. The second-order valence-electron chi connectivity index (χ2n) is 9.65. The van der Waals surface area contributed by atoms with E-state index in [4.69, 9.17) is 4.74 Å². The van der Waals surface area contributed by atoms with Gasteiger partial charge in [0.2, 0.25) is 0 Å². The smallest absolute Gasteiger partial charge is 0.252 e. The van der Waals surface area contributed by atoms with Crippen molar-refractivity contribution >= 4 is 10.9 Å². The molecule has 0 spiro atoms. The highest BCUT2D eigenvalue weighted by Crippen LogP contribution is 2.21. The zero-order chi connectivity index (χ0) is 24.4. The lowest BCUT2D eigenvalue weighted by Gasteiger charge is -2.22. The Morgan fingerprint density at radius 1 is 1.06 bits per heavy atom. The zero-order valence-corrected chi connectivity index (χ0v) is 20.6. The summed E-state index contributed by atoms with van der Waals surface area (Å²) in [5.41, 5.74) is 6.20. The number of fused-ring (bicyclic) bond motifs is 1. The number of hydrogen-bond acceptors (Lipinski definition) is 6. The standard InChI is InChI=1S/C27H32N6O2/c1-18-6-10-21(11-7-18)14-32(17-25-29-30-31-33(25)16-23-5-4-12-35-23)15-22-13-24-19(2)8-9-20(3)26(24)28-27(22)34/h6-11,13,23H,4-5,12,14-17H2,1-3H3,(H,28,34). The summed E-state index contributed by atoms with van der Waals surface area (Å²) in [7, 11) is 0. The van der Waals surface area contributed by atoms with Crippen LogP contribution in [0, 0.1) is 20.8 Å². The Balaban J connectivity index is 1.45. The first kappa shape index (κ1) is 23.4. The normalized spacial score (nSPS) is 15.9. The lowest BCUT2D eigenvalue weighted by Crippen LogP contribution is -2.29. The van der Waals surface area contributed by atoms with Crippen molar-refractivity contribution in [2.45, 2.75) is 65.9 Å². The molecule has 1 aliphatic heterocycles. The molecule has 1 fully saturated rings. The highest BCUT2D eigenvalue weighted by molar-refractivity contribution is 5.85. The molecule has 1 aliphatic rings. The van der Waals surface area contributed by atoms with Gasteiger partial charge < -0.3 is 9.72 Å². The summed E-state index contributed by atoms with van der Waals surface area (Å²) in [4.78, 5) is 18.4. The summed E-state index contributed by atoms with van der Waals surface area (Å²) in [6, 6.07) is 14.7. The molecule has 8 heteroatoms. The molecule has 5 rings (SSSR count). The molecule has 3 heterocycles. The Hall–Kier alpha value is -3.36. The number of rotatable bonds is 8. The number of pyridine rings is 1. The minimum absolute atomic E-state index is 0.0564. The fourth-order valence-corrected chi connectivity index (χ4v) is 4.76. The minimum Gasteiger partial charge on any atom is -0.376 e. The van der Waals surface area contributed by atoms with Gasteiger partial charge >= 0.3 is 0 Å². The van der Waals surface area contributed by atoms with Gasteiger partial charge in [0.1, 0.15) is 0 Å². The Labute approximate surface area is 204 Å². The first-order valence-electron chi connectivity index (χ1n) is 12.2. The van der Waals surface area contributed by atoms with Gasteiger partial charge in [0.05, 0.1) is 24.7 Å². The van der Waals surface area contributed by atoms with Crippen molar-refractivity contribution in [2.75, 3.05) is 6.61 Å². The summed E-state index contributed by atoms with van der Waals surface area (Å²) >= 11 is 0. The fraction of sp³-hybridized carbons (Fsp3) is 0.407. The van der Waals surface area contributed by atoms with E-state index in [0.717, 1.165) is 52.9 Å². The maximum Gasteiger partial charge on any atom is 0.252 e. The van der Waals surface area contributed by atoms with Crippen LogP contribution in [0.1, 0.15) is 46.5 Å². The van der Waals surface area contributed by atoms with Gasteiger partial charge in [0.25, 0.3) is 5.56 Å². The number of aromatic nitrogens is 5. The van der Waals surface area contributed by atoms with E-state index in [2.05, 4.69) is 69.6 Å². The third kappa shape index (κ3) is 5.33. The topological polar surface area (TPSA) is 88.9 Å². The van der Waals surface area contributed by atoms with Crippen LogP contribution in [0.2, 0.25) is 0 Å². The molecule has 2 aromatic carbocycles. The van der Waals surface area contributed by atoms with Crippen molar-refractivity contribution in [2.24, 2.45) is 0 Å². The van der Waals surface area contributed by atoms with Crippen molar-refractivity contribution < 1.29 is 4.74 Å². The molecule has 2 aromatic heterocycles. The van der Waals surface area contributed by atoms with E-state index in [-0.39, 0.29) is 11.7 Å². The molecule has 0 amide bonds. The molecule has 0 aliphatic carbocycles. The average molecular weight is 473 g/mol. The van der Waals surface area contributed by atoms with Crippen molar-refractivity contribution in [1.82, 2.24) is 30.1 Å². The molecule has 0 bridgehead atoms. The number of aryl methyl sites for hydroxylation is 3. The molecule has 1 atom stereocenters. The van der Waals surface area contributed by atoms with Gasteiger partial charge in [-0.25, -0.2) is 4.68 Å². The van der Waals surface area contributed by atoms with Crippen LogP contribution in [0.3, 0.4) is 0 Å². The van der Waals surface area contributed by atoms with Gasteiger partial charge in [-0.15, -0.1) is 5.10 Å². The molecule has 182 valence electrons. The predicted molar refractivity (Wildman–Crippen MR) is 135 cm³/mol. The van der Waals surface area contributed by atoms with Crippen molar-refractivity contribution in [3.8, 4) is 0 Å². The number of ether oxygens (including phenoxy) is 1. The van der Waals surface area contributed by atoms with Crippen molar-refractivity contribution in [3.63, 3.8) is 0 Å². The molecule has 1 unspecified atom stereocenters. The number of hydrogen-bond donors (Lipinski definition) is 1. The van der Waals surface area contributed by atoms with E-state index in [1.165, 1.54) is 11.1 Å². The van der Waals surface area contributed by atoms with Crippen LogP contribution in [-0.2, 0) is 30.9 Å². The van der Waals surface area contributed by atoms with E-state index in [1.807, 2.05) is 23.7 Å². The predicted octanol–water partition coefficient (Wildman–Crippen LogP) is 3.82. The van der Waals surface area contributed by atoms with Crippen LogP contribution in [0.5, 0.6) is 0 Å². The quantitative estimate of drug-likeness (QED) is 0.419. The number of benzene rings is 2. The second kappa shape index (κ2) is 10.1. The van der Waals surface area contributed by atoms with Crippen LogP contribution < -0.4 is 5.56 Å². The number of nitrogens with zero attached hydrogens (tertiary/aromatic N) is 5. The molecule has 8 nitrogen and oxygen atoms in total. The summed E-state index contributed by atoms with van der Waals surface area (Å²) < 4.78 is 7.63. The highest BCUT2D eigenvalue weighted by Gasteiger charge is 2.21. The van der Waals surface area contributed by atoms with Crippen LogP contribution >= 0.6 is 0 Å². The minimum atomic E-state index is -0.0564. The Morgan fingerprint density at radius 3 is 2.63 bits per heavy atom. The van der Waals surface area contributed by atoms with Crippen LogP contribution in [0.25, 0.3) is 10.9 Å². The monoisotopic (exact) mass is 472 g/mol. The number of nitrogens with one attached hydrogen (secondary N) is 1. The Morgan fingerprint density at radius 2 is 1.86 bits per heavy atom. The molecular weight excluding hydrogens is 440 g/mol. The van der Waals surface area contributed by atoms with E-state index < -0.39 is 0 Å². The van der Waals surface area contributed by atoms with E-state index in [0.29, 0.717) is 26.2 Å². The third-order valence-electron chi connectivity index (χ3n) is 6.81. The van der Waals surface area contributed by atoms with Crippen LogP contribution in [-0.4, -0.2) is 42.8 Å². The molecular formula is C27H32N6O2. The third-order valence-corrected chi connectivity index (χ3v) is 6.81. The van der Waals surface area contributed by atoms with Gasteiger partial charge in [-0.2, -0.15) is 0 Å². The van der Waals surface area contributed by atoms with Crippen molar-refractivity contribution in [3.05, 3.63) is 86.5 Å². The van der Waals surface area contributed by atoms with Gasteiger partial charge in [0, 0.05) is 30.6 Å². The Bertz CT molecular complexity index is 1370. The number of tetrazole rings is 1. The van der Waals surface area contributed by atoms with E-state index >= 15 is 0 Å². The SMILES string of the molecule is Cc1ccc(CN(Cc2cc3c(C)ccc(C)c3[nH]c2=O)Cc2nnnn2CC2CCCO2)cc1. The van der Waals surface area contributed by atoms with Gasteiger partial charge in [0.15, 0.2) is 5.82 Å². The first-order valence-corrected chi connectivity index (χ1v) is 12.2. The summed E-state index contributed by atoms with van der Waals surface area (Å²) in [5.74, 6) is 0.775. The summed E-state index contributed by atoms with van der Waals surface area (Å²) in [5, 5.41) is 13.5. The lowest BCUT2D eigenvalue weighted by molar-refractivity contribution is 0.0914. The summed E-state index contributed by atoms with van der Waals surface area (Å²) in [6.07, 6.45) is 2.25. The maximum atomic E-state index is 13.1. The highest BCUT2D eigenvalue weighted by atomic mass is 16.5.